The summed E-state index contributed by atoms with van der Waals surface area (Å²) in [5.74, 6) is 1.64. The van der Waals surface area contributed by atoms with E-state index in [2.05, 4.69) is 40.0 Å². The molecule has 0 amide bonds. The van der Waals surface area contributed by atoms with Crippen molar-refractivity contribution in [3.8, 4) is 0 Å². The van der Waals surface area contributed by atoms with E-state index >= 15 is 0 Å². The van der Waals surface area contributed by atoms with Crippen LogP contribution in [0, 0.1) is 11.8 Å². The number of rotatable bonds is 8. The molecule has 0 radical (unpaired) electrons. The van der Waals surface area contributed by atoms with Crippen LogP contribution in [0.1, 0.15) is 65.2 Å². The minimum atomic E-state index is -1.79. The summed E-state index contributed by atoms with van der Waals surface area (Å²) in [4.78, 5) is 0. The highest BCUT2D eigenvalue weighted by Crippen LogP contribution is 2.28. The Balaban J connectivity index is 1.72. The van der Waals surface area contributed by atoms with Gasteiger partial charge in [-0.3, -0.25) is 0 Å². The Morgan fingerprint density at radius 1 is 0.680 bits per heavy atom. The molecule has 25 heavy (non-hydrogen) atoms. The van der Waals surface area contributed by atoms with Crippen LogP contribution in [0.4, 0.5) is 0 Å². The van der Waals surface area contributed by atoms with Gasteiger partial charge in [0.05, 0.1) is 24.7 Å². The first-order chi connectivity index (χ1) is 11.7. The fourth-order valence-corrected chi connectivity index (χ4v) is 12.2. The Morgan fingerprint density at radius 2 is 1.08 bits per heavy atom. The summed E-state index contributed by atoms with van der Waals surface area (Å²) in [6.07, 6.45) is 12.9. The van der Waals surface area contributed by atoms with Crippen molar-refractivity contribution in [2.45, 2.75) is 104 Å². The van der Waals surface area contributed by atoms with Gasteiger partial charge >= 0.3 is 0 Å². The van der Waals surface area contributed by atoms with Crippen LogP contribution in [-0.4, -0.2) is 41.3 Å². The minimum Gasteiger partial charge on any atom is -0.453 e. The molecule has 0 aromatic rings. The van der Waals surface area contributed by atoms with Gasteiger partial charge in [-0.25, -0.2) is 0 Å². The molecule has 0 aromatic heterocycles. The molecule has 4 unspecified atom stereocenters. The molecular formula is C20H42O3Si2. The zero-order valence-electron chi connectivity index (χ0n) is 17.6. The van der Waals surface area contributed by atoms with E-state index in [1.807, 2.05) is 0 Å². The van der Waals surface area contributed by atoms with Gasteiger partial charge in [0.15, 0.2) is 16.6 Å². The molecule has 2 fully saturated rings. The molecule has 2 rings (SSSR count). The molecule has 2 saturated carbocycles. The molecule has 0 bridgehead atoms. The fourth-order valence-electron chi connectivity index (χ4n) is 4.50. The van der Waals surface area contributed by atoms with Gasteiger partial charge in [-0.1, -0.05) is 39.5 Å². The van der Waals surface area contributed by atoms with Gasteiger partial charge in [0.2, 0.25) is 0 Å². The molecule has 2 aliphatic rings. The van der Waals surface area contributed by atoms with Crippen molar-refractivity contribution in [1.82, 2.24) is 0 Å². The molecular weight excluding hydrogens is 344 g/mol. The quantitative estimate of drug-likeness (QED) is 0.502. The van der Waals surface area contributed by atoms with E-state index in [0.717, 1.165) is 24.3 Å². The van der Waals surface area contributed by atoms with Crippen molar-refractivity contribution in [2.24, 2.45) is 11.8 Å². The summed E-state index contributed by atoms with van der Waals surface area (Å²) in [6.45, 7) is 14.0. The van der Waals surface area contributed by atoms with Crippen molar-refractivity contribution in [3.05, 3.63) is 0 Å². The Hall–Kier alpha value is 0.314. The average Bonchev–Trinajstić information content (AvgIpc) is 2.51. The van der Waals surface area contributed by atoms with Crippen LogP contribution in [0.3, 0.4) is 0 Å². The fraction of sp³-hybridized carbons (Fsp3) is 1.00. The third kappa shape index (κ3) is 8.25. The molecule has 5 heteroatoms. The first-order valence-electron chi connectivity index (χ1n) is 10.6. The number of hydrogen-bond acceptors (Lipinski definition) is 3. The van der Waals surface area contributed by atoms with E-state index in [4.69, 9.17) is 13.6 Å². The van der Waals surface area contributed by atoms with Crippen LogP contribution < -0.4 is 0 Å². The monoisotopic (exact) mass is 386 g/mol. The molecule has 0 spiro atoms. The van der Waals surface area contributed by atoms with E-state index in [-0.39, 0.29) is 0 Å². The van der Waals surface area contributed by atoms with E-state index in [9.17, 15) is 0 Å². The first-order valence-corrected chi connectivity index (χ1v) is 16.8. The van der Waals surface area contributed by atoms with Crippen LogP contribution in [-0.2, 0) is 13.6 Å². The summed E-state index contributed by atoms with van der Waals surface area (Å²) in [6, 6.07) is 0. The second-order valence-electron chi connectivity index (χ2n) is 10.0. The summed E-state index contributed by atoms with van der Waals surface area (Å²) >= 11 is 0. The lowest BCUT2D eigenvalue weighted by Crippen LogP contribution is -2.51. The molecule has 0 N–H and O–H groups in total. The van der Waals surface area contributed by atoms with Crippen LogP contribution in [0.15, 0.2) is 0 Å². The Labute approximate surface area is 158 Å². The van der Waals surface area contributed by atoms with Gasteiger partial charge in [-0.05, 0) is 63.7 Å². The summed E-state index contributed by atoms with van der Waals surface area (Å²) < 4.78 is 19.3. The number of hydrogen-bond donors (Lipinski definition) is 0. The maximum absolute atomic E-state index is 6.69. The van der Waals surface area contributed by atoms with Crippen LogP contribution in [0.2, 0.25) is 26.2 Å². The lowest BCUT2D eigenvalue weighted by molar-refractivity contribution is 0.0301. The maximum Gasteiger partial charge on any atom is 0.199 e. The number of ether oxygens (including phenoxy) is 2. The highest BCUT2D eigenvalue weighted by atomic mass is 28.4. The van der Waals surface area contributed by atoms with Gasteiger partial charge < -0.3 is 13.6 Å². The normalized spacial score (nSPS) is 31.9. The predicted octanol–water partition coefficient (Wildman–Crippen LogP) is 5.68. The highest BCUT2D eigenvalue weighted by Gasteiger charge is 2.35. The van der Waals surface area contributed by atoms with E-state index in [0.29, 0.717) is 12.2 Å². The van der Waals surface area contributed by atoms with Gasteiger partial charge in [0, 0.05) is 0 Å². The smallest absolute Gasteiger partial charge is 0.199 e. The first kappa shape index (κ1) is 21.6. The predicted molar refractivity (Wildman–Crippen MR) is 111 cm³/mol. The molecule has 0 heterocycles. The zero-order valence-corrected chi connectivity index (χ0v) is 19.6. The lowest BCUT2D eigenvalue weighted by Gasteiger charge is -2.37. The maximum atomic E-state index is 6.69. The topological polar surface area (TPSA) is 27.7 Å². The minimum absolute atomic E-state index is 0.462. The molecule has 3 nitrogen and oxygen atoms in total. The molecule has 148 valence electrons. The zero-order chi connectivity index (χ0) is 18.5. The average molecular weight is 387 g/mol. The van der Waals surface area contributed by atoms with Gasteiger partial charge in [0.1, 0.15) is 0 Å². The van der Waals surface area contributed by atoms with Gasteiger partial charge in [0.25, 0.3) is 0 Å². The largest absolute Gasteiger partial charge is 0.453 e. The van der Waals surface area contributed by atoms with Crippen molar-refractivity contribution in [2.75, 3.05) is 12.5 Å². The van der Waals surface area contributed by atoms with Gasteiger partial charge in [-0.15, -0.1) is 0 Å². The van der Waals surface area contributed by atoms with E-state index in [1.54, 1.807) is 0 Å². The summed E-state index contributed by atoms with van der Waals surface area (Å²) in [7, 11) is -3.57. The van der Waals surface area contributed by atoms with Crippen molar-refractivity contribution in [1.29, 1.82) is 0 Å². The Kier molecular flexibility index (Phi) is 8.21. The summed E-state index contributed by atoms with van der Waals surface area (Å²) in [5, 5.41) is 0. The summed E-state index contributed by atoms with van der Waals surface area (Å²) in [5.41, 5.74) is 0. The molecule has 0 aromatic carbocycles. The Bertz CT molecular complexity index is 364. The van der Waals surface area contributed by atoms with E-state index < -0.39 is 16.6 Å². The van der Waals surface area contributed by atoms with Gasteiger partial charge in [-0.2, -0.15) is 0 Å². The second kappa shape index (κ2) is 9.49. The van der Waals surface area contributed by atoms with Crippen LogP contribution >= 0.6 is 0 Å². The Morgan fingerprint density at radius 3 is 1.44 bits per heavy atom. The SMILES string of the molecule is CC1CCCC(OC[Si](C)(C)O[Si](C)(C)COC2CCCC(C)C2)C1. The van der Waals surface area contributed by atoms with Crippen molar-refractivity contribution < 1.29 is 13.6 Å². The molecule has 0 saturated heterocycles. The molecule has 2 aliphatic carbocycles. The van der Waals surface area contributed by atoms with Crippen molar-refractivity contribution >= 4 is 16.6 Å². The molecule has 4 atom stereocenters. The second-order valence-corrected chi connectivity index (χ2v) is 18.5. The van der Waals surface area contributed by atoms with Crippen molar-refractivity contribution in [3.63, 3.8) is 0 Å². The lowest BCUT2D eigenvalue weighted by atomic mass is 9.89. The highest BCUT2D eigenvalue weighted by molar-refractivity contribution is 6.84. The van der Waals surface area contributed by atoms with Crippen LogP contribution in [0.25, 0.3) is 0 Å². The third-order valence-corrected chi connectivity index (χ3v) is 11.8. The van der Waals surface area contributed by atoms with E-state index in [1.165, 1.54) is 51.4 Å². The third-order valence-electron chi connectivity index (χ3n) is 5.66. The standard InChI is InChI=1S/C20H42O3Si2/c1-17-9-7-11-19(13-17)21-15-24(3,4)23-25(5,6)16-22-20-12-8-10-18(2)14-20/h17-20H,7-16H2,1-6H3. The van der Waals surface area contributed by atoms with Crippen LogP contribution in [0.5, 0.6) is 0 Å². The molecule has 0 aliphatic heterocycles.